The highest BCUT2D eigenvalue weighted by Crippen LogP contribution is 2.33. The minimum atomic E-state index is -0.612. The lowest BCUT2D eigenvalue weighted by atomic mass is 9.98. The number of nitrogens with zero attached hydrogens (tertiary/aromatic N) is 3. The summed E-state index contributed by atoms with van der Waals surface area (Å²) in [6.45, 7) is 3.37. The third kappa shape index (κ3) is 2.66. The number of hydrogen-bond donors (Lipinski definition) is 1. The van der Waals surface area contributed by atoms with Gasteiger partial charge in [-0.25, -0.2) is 4.98 Å². The van der Waals surface area contributed by atoms with E-state index < -0.39 is 5.60 Å². The van der Waals surface area contributed by atoms with E-state index in [0.29, 0.717) is 24.8 Å². The largest absolute Gasteiger partial charge is 0.390 e. The average molecular weight is 263 g/mol. The molecule has 1 unspecified atom stereocenters. The SMILES string of the molecule is CC1(O)CCCN(c2nccn(C3CC3)c2=O)CC1. The van der Waals surface area contributed by atoms with Crippen molar-refractivity contribution in [2.24, 2.45) is 0 Å². The van der Waals surface area contributed by atoms with Gasteiger partial charge in [-0.05, 0) is 39.0 Å². The molecule has 104 valence electrons. The second kappa shape index (κ2) is 4.63. The second-order valence-corrected chi connectivity index (χ2v) is 6.03. The first-order chi connectivity index (χ1) is 9.07. The van der Waals surface area contributed by atoms with Crippen LogP contribution in [0, 0.1) is 0 Å². The Bertz CT molecular complexity index is 520. The summed E-state index contributed by atoms with van der Waals surface area (Å²) in [5.74, 6) is 0.548. The van der Waals surface area contributed by atoms with Crippen molar-refractivity contribution < 1.29 is 5.11 Å². The number of aromatic nitrogens is 2. The Labute approximate surface area is 112 Å². The fourth-order valence-corrected chi connectivity index (χ4v) is 2.75. The van der Waals surface area contributed by atoms with Crippen molar-refractivity contribution in [3.63, 3.8) is 0 Å². The normalized spacial score (nSPS) is 28.2. The number of anilines is 1. The van der Waals surface area contributed by atoms with Gasteiger partial charge >= 0.3 is 0 Å². The van der Waals surface area contributed by atoms with Gasteiger partial charge in [-0.15, -0.1) is 0 Å². The predicted octanol–water partition coefficient (Wildman–Crippen LogP) is 1.32. The Hall–Kier alpha value is -1.36. The molecule has 2 fully saturated rings. The molecule has 1 aromatic rings. The molecule has 1 aromatic heterocycles. The lowest BCUT2D eigenvalue weighted by Crippen LogP contribution is -2.34. The Morgan fingerprint density at radius 3 is 2.89 bits per heavy atom. The maximum atomic E-state index is 12.4. The smallest absolute Gasteiger partial charge is 0.293 e. The molecular formula is C14H21N3O2. The van der Waals surface area contributed by atoms with Crippen molar-refractivity contribution in [3.8, 4) is 0 Å². The van der Waals surface area contributed by atoms with Crippen LogP contribution in [0.1, 0.15) is 45.1 Å². The summed E-state index contributed by atoms with van der Waals surface area (Å²) < 4.78 is 1.81. The molecule has 1 aliphatic carbocycles. The van der Waals surface area contributed by atoms with Crippen molar-refractivity contribution >= 4 is 5.82 Å². The van der Waals surface area contributed by atoms with Crippen LogP contribution in [0.2, 0.25) is 0 Å². The molecule has 0 bridgehead atoms. The van der Waals surface area contributed by atoms with Gasteiger partial charge in [0.15, 0.2) is 5.82 Å². The molecule has 2 aliphatic rings. The zero-order valence-electron chi connectivity index (χ0n) is 11.4. The highest BCUT2D eigenvalue weighted by molar-refractivity contribution is 5.36. The third-order valence-electron chi connectivity index (χ3n) is 4.15. The molecule has 1 saturated heterocycles. The molecule has 1 aliphatic heterocycles. The minimum Gasteiger partial charge on any atom is -0.390 e. The van der Waals surface area contributed by atoms with Gasteiger partial charge in [0.25, 0.3) is 5.56 Å². The van der Waals surface area contributed by atoms with Gasteiger partial charge in [0.1, 0.15) is 0 Å². The summed E-state index contributed by atoms with van der Waals surface area (Å²) in [5, 5.41) is 10.1. The quantitative estimate of drug-likeness (QED) is 0.874. The van der Waals surface area contributed by atoms with Gasteiger partial charge in [0.2, 0.25) is 0 Å². The van der Waals surface area contributed by atoms with E-state index in [2.05, 4.69) is 4.98 Å². The lowest BCUT2D eigenvalue weighted by molar-refractivity contribution is 0.0481. The minimum absolute atomic E-state index is 0.0199. The number of hydrogen-bond acceptors (Lipinski definition) is 4. The average Bonchev–Trinajstić information content (AvgIpc) is 3.18. The molecule has 19 heavy (non-hydrogen) atoms. The molecule has 1 N–H and O–H groups in total. The molecule has 5 heteroatoms. The first kappa shape index (κ1) is 12.7. The van der Waals surface area contributed by atoms with Crippen LogP contribution in [-0.4, -0.2) is 33.3 Å². The molecular weight excluding hydrogens is 242 g/mol. The van der Waals surface area contributed by atoms with Crippen LogP contribution in [0.3, 0.4) is 0 Å². The van der Waals surface area contributed by atoms with Gasteiger partial charge < -0.3 is 14.6 Å². The molecule has 0 radical (unpaired) electrons. The molecule has 0 spiro atoms. The van der Waals surface area contributed by atoms with E-state index in [1.807, 2.05) is 16.4 Å². The van der Waals surface area contributed by atoms with E-state index in [0.717, 1.165) is 32.2 Å². The standard InChI is InChI=1S/C14H21N3O2/c1-14(19)5-2-8-16(9-6-14)12-13(18)17(10-7-15-12)11-3-4-11/h7,10-11,19H,2-6,8-9H2,1H3. The van der Waals surface area contributed by atoms with Gasteiger partial charge in [-0.1, -0.05) is 0 Å². The number of rotatable bonds is 2. The van der Waals surface area contributed by atoms with Crippen LogP contribution < -0.4 is 10.5 Å². The van der Waals surface area contributed by atoms with Crippen LogP contribution in [0.25, 0.3) is 0 Å². The van der Waals surface area contributed by atoms with Crippen LogP contribution >= 0.6 is 0 Å². The van der Waals surface area contributed by atoms with Crippen molar-refractivity contribution in [1.29, 1.82) is 0 Å². The van der Waals surface area contributed by atoms with E-state index >= 15 is 0 Å². The van der Waals surface area contributed by atoms with E-state index in [1.54, 1.807) is 12.4 Å². The van der Waals surface area contributed by atoms with Crippen LogP contribution in [0.4, 0.5) is 5.82 Å². The maximum absolute atomic E-state index is 12.4. The summed E-state index contributed by atoms with van der Waals surface area (Å²) in [6, 6.07) is 0.379. The zero-order valence-corrected chi connectivity index (χ0v) is 11.4. The Balaban J connectivity index is 1.85. The molecule has 5 nitrogen and oxygen atoms in total. The van der Waals surface area contributed by atoms with Crippen LogP contribution in [-0.2, 0) is 0 Å². The monoisotopic (exact) mass is 263 g/mol. The molecule has 1 saturated carbocycles. The van der Waals surface area contributed by atoms with E-state index in [9.17, 15) is 9.90 Å². The topological polar surface area (TPSA) is 58.4 Å². The van der Waals surface area contributed by atoms with E-state index in [-0.39, 0.29) is 5.56 Å². The first-order valence-corrected chi connectivity index (χ1v) is 7.11. The summed E-state index contributed by atoms with van der Waals surface area (Å²) in [5.41, 5.74) is -0.592. The highest BCUT2D eigenvalue weighted by Gasteiger charge is 2.29. The Morgan fingerprint density at radius 1 is 1.37 bits per heavy atom. The molecule has 0 aromatic carbocycles. The van der Waals surface area contributed by atoms with Gasteiger partial charge in [-0.2, -0.15) is 0 Å². The van der Waals surface area contributed by atoms with Gasteiger partial charge in [0, 0.05) is 31.5 Å². The van der Waals surface area contributed by atoms with Crippen molar-refractivity contribution in [2.45, 2.75) is 50.7 Å². The second-order valence-electron chi connectivity index (χ2n) is 6.03. The summed E-state index contributed by atoms with van der Waals surface area (Å²) in [7, 11) is 0. The zero-order chi connectivity index (χ0) is 13.5. The molecule has 0 amide bonds. The third-order valence-corrected chi connectivity index (χ3v) is 4.15. The Kier molecular flexibility index (Phi) is 3.09. The summed E-state index contributed by atoms with van der Waals surface area (Å²) in [6.07, 6.45) is 8.07. The molecule has 1 atom stereocenters. The van der Waals surface area contributed by atoms with Crippen molar-refractivity contribution in [3.05, 3.63) is 22.7 Å². The number of aliphatic hydroxyl groups is 1. The summed E-state index contributed by atoms with van der Waals surface area (Å²) in [4.78, 5) is 18.7. The fraction of sp³-hybridized carbons (Fsp3) is 0.714. The first-order valence-electron chi connectivity index (χ1n) is 7.11. The van der Waals surface area contributed by atoms with Crippen molar-refractivity contribution in [2.75, 3.05) is 18.0 Å². The molecule has 3 rings (SSSR count). The van der Waals surface area contributed by atoms with Crippen molar-refractivity contribution in [1.82, 2.24) is 9.55 Å². The van der Waals surface area contributed by atoms with Gasteiger partial charge in [0.05, 0.1) is 5.60 Å². The van der Waals surface area contributed by atoms with E-state index in [4.69, 9.17) is 0 Å². The highest BCUT2D eigenvalue weighted by atomic mass is 16.3. The van der Waals surface area contributed by atoms with E-state index in [1.165, 1.54) is 0 Å². The van der Waals surface area contributed by atoms with Crippen LogP contribution in [0.15, 0.2) is 17.2 Å². The molecule has 2 heterocycles. The maximum Gasteiger partial charge on any atom is 0.293 e. The lowest BCUT2D eigenvalue weighted by Gasteiger charge is -2.23. The van der Waals surface area contributed by atoms with Gasteiger partial charge in [-0.3, -0.25) is 4.79 Å². The predicted molar refractivity (Wildman–Crippen MR) is 73.5 cm³/mol. The fourth-order valence-electron chi connectivity index (χ4n) is 2.75. The summed E-state index contributed by atoms with van der Waals surface area (Å²) >= 11 is 0. The van der Waals surface area contributed by atoms with Crippen LogP contribution in [0.5, 0.6) is 0 Å². The Morgan fingerprint density at radius 2 is 2.16 bits per heavy atom.